The molecule has 0 saturated heterocycles. The molecule has 92 valence electrons. The number of amides is 1. The largest absolute Gasteiger partial charge is 0.479 e. The van der Waals surface area contributed by atoms with Gasteiger partial charge in [-0.3, -0.25) is 4.79 Å². The number of carbonyl (C=O) groups is 2. The van der Waals surface area contributed by atoms with Crippen molar-refractivity contribution in [1.29, 1.82) is 0 Å². The summed E-state index contributed by atoms with van der Waals surface area (Å²) < 4.78 is 0. The van der Waals surface area contributed by atoms with Crippen LogP contribution in [0.2, 0.25) is 0 Å². The average molecular weight is 237 g/mol. The fourth-order valence-electron chi connectivity index (χ4n) is 1.32. The average Bonchev–Trinajstić information content (AvgIpc) is 2.30. The zero-order chi connectivity index (χ0) is 12.7. The molecule has 0 spiro atoms. The molecule has 0 radical (unpaired) electrons. The fraction of sp³-hybridized carbons (Fsp3) is 0.333. The topological polar surface area (TPSA) is 86.6 Å². The first-order valence-electron chi connectivity index (χ1n) is 5.31. The molecule has 0 aliphatic rings. The minimum absolute atomic E-state index is 0.00978. The van der Waals surface area contributed by atoms with E-state index in [2.05, 4.69) is 5.32 Å². The molecule has 0 aliphatic carbocycles. The molecule has 0 fully saturated rings. The second-order valence-corrected chi connectivity index (χ2v) is 3.66. The van der Waals surface area contributed by atoms with Gasteiger partial charge in [-0.05, 0) is 5.56 Å². The highest BCUT2D eigenvalue weighted by atomic mass is 16.4. The van der Waals surface area contributed by atoms with Gasteiger partial charge in [0.05, 0.1) is 6.42 Å². The van der Waals surface area contributed by atoms with Crippen molar-refractivity contribution in [2.75, 3.05) is 6.54 Å². The minimum atomic E-state index is -1.42. The van der Waals surface area contributed by atoms with Gasteiger partial charge < -0.3 is 15.5 Å². The smallest absolute Gasteiger partial charge is 0.332 e. The van der Waals surface area contributed by atoms with Gasteiger partial charge in [0.1, 0.15) is 0 Å². The molecule has 3 N–H and O–H groups in total. The zero-order valence-corrected chi connectivity index (χ0v) is 9.30. The zero-order valence-electron chi connectivity index (χ0n) is 9.30. The van der Waals surface area contributed by atoms with Crippen LogP contribution in [0.15, 0.2) is 30.3 Å². The Kier molecular flexibility index (Phi) is 5.16. The van der Waals surface area contributed by atoms with E-state index in [4.69, 9.17) is 10.2 Å². The van der Waals surface area contributed by atoms with Gasteiger partial charge in [0.2, 0.25) is 5.91 Å². The first kappa shape index (κ1) is 13.2. The van der Waals surface area contributed by atoms with Crippen LogP contribution >= 0.6 is 0 Å². The van der Waals surface area contributed by atoms with Gasteiger partial charge in [-0.25, -0.2) is 4.79 Å². The number of carboxylic acids is 1. The molecule has 1 unspecified atom stereocenters. The van der Waals surface area contributed by atoms with E-state index < -0.39 is 12.1 Å². The lowest BCUT2D eigenvalue weighted by molar-refractivity contribution is -0.147. The molecule has 0 heterocycles. The Balaban J connectivity index is 2.25. The van der Waals surface area contributed by atoms with Gasteiger partial charge in [-0.15, -0.1) is 0 Å². The summed E-state index contributed by atoms with van der Waals surface area (Å²) >= 11 is 0. The first-order chi connectivity index (χ1) is 8.09. The molecule has 5 heteroatoms. The molecular formula is C12H15NO4. The van der Waals surface area contributed by atoms with Gasteiger partial charge in [0.25, 0.3) is 0 Å². The molecular weight excluding hydrogens is 222 g/mol. The van der Waals surface area contributed by atoms with Crippen LogP contribution in [-0.2, 0) is 16.0 Å². The molecule has 1 rings (SSSR count). The maximum absolute atomic E-state index is 11.4. The second-order valence-electron chi connectivity index (χ2n) is 3.66. The van der Waals surface area contributed by atoms with Crippen LogP contribution in [0.4, 0.5) is 0 Å². The molecule has 0 saturated carbocycles. The highest BCUT2D eigenvalue weighted by Gasteiger charge is 2.12. The molecule has 1 aromatic rings. The van der Waals surface area contributed by atoms with Gasteiger partial charge in [-0.2, -0.15) is 0 Å². The van der Waals surface area contributed by atoms with Crippen LogP contribution in [0.25, 0.3) is 0 Å². The number of hydrogen-bond acceptors (Lipinski definition) is 3. The highest BCUT2D eigenvalue weighted by molar-refractivity contribution is 5.78. The summed E-state index contributed by atoms with van der Waals surface area (Å²) in [6.07, 6.45) is -1.16. The Labute approximate surface area is 99.1 Å². The molecule has 1 amide bonds. The third kappa shape index (κ3) is 5.12. The summed E-state index contributed by atoms with van der Waals surface area (Å²) in [6.45, 7) is 0.152. The van der Waals surface area contributed by atoms with Crippen LogP contribution in [-0.4, -0.2) is 34.7 Å². The summed E-state index contributed by atoms with van der Waals surface area (Å²) in [7, 11) is 0. The predicted molar refractivity (Wildman–Crippen MR) is 61.4 cm³/mol. The summed E-state index contributed by atoms with van der Waals surface area (Å²) in [5.41, 5.74) is 0.892. The highest BCUT2D eigenvalue weighted by Crippen LogP contribution is 1.99. The minimum Gasteiger partial charge on any atom is -0.479 e. The lowest BCUT2D eigenvalue weighted by Gasteiger charge is -2.07. The third-order valence-electron chi connectivity index (χ3n) is 2.23. The third-order valence-corrected chi connectivity index (χ3v) is 2.23. The van der Waals surface area contributed by atoms with Crippen molar-refractivity contribution in [3.8, 4) is 0 Å². The molecule has 1 atom stereocenters. The Morgan fingerprint density at radius 2 is 1.88 bits per heavy atom. The summed E-state index contributed by atoms with van der Waals surface area (Å²) in [5.74, 6) is -1.46. The molecule has 0 aromatic heterocycles. The number of aliphatic carboxylic acids is 1. The van der Waals surface area contributed by atoms with E-state index in [1.165, 1.54) is 0 Å². The second kappa shape index (κ2) is 6.65. The lowest BCUT2D eigenvalue weighted by Crippen LogP contribution is -2.30. The monoisotopic (exact) mass is 237 g/mol. The first-order valence-corrected chi connectivity index (χ1v) is 5.31. The van der Waals surface area contributed by atoms with Crippen LogP contribution in [0, 0.1) is 0 Å². The predicted octanol–water partition coefficient (Wildman–Crippen LogP) is 0.181. The van der Waals surface area contributed by atoms with Crippen LogP contribution in [0.3, 0.4) is 0 Å². The number of hydrogen-bond donors (Lipinski definition) is 3. The standard InChI is InChI=1S/C12H15NO4/c14-10(12(16)17)6-7-13-11(15)8-9-4-2-1-3-5-9/h1-5,10,14H,6-8H2,(H,13,15)(H,16,17). The number of carbonyl (C=O) groups excluding carboxylic acids is 1. The van der Waals surface area contributed by atoms with E-state index in [0.29, 0.717) is 0 Å². The fourth-order valence-corrected chi connectivity index (χ4v) is 1.32. The number of rotatable bonds is 6. The SMILES string of the molecule is O=C(Cc1ccccc1)NCCC(O)C(=O)O. The van der Waals surface area contributed by atoms with Crippen LogP contribution in [0.5, 0.6) is 0 Å². The van der Waals surface area contributed by atoms with Crippen LogP contribution < -0.4 is 5.32 Å². The van der Waals surface area contributed by atoms with E-state index in [1.54, 1.807) is 0 Å². The Morgan fingerprint density at radius 3 is 2.47 bits per heavy atom. The van der Waals surface area contributed by atoms with Gasteiger partial charge in [-0.1, -0.05) is 30.3 Å². The molecule has 17 heavy (non-hydrogen) atoms. The van der Waals surface area contributed by atoms with Crippen molar-refractivity contribution >= 4 is 11.9 Å². The van der Waals surface area contributed by atoms with Crippen molar-refractivity contribution in [1.82, 2.24) is 5.32 Å². The number of benzene rings is 1. The van der Waals surface area contributed by atoms with Crippen molar-refractivity contribution < 1.29 is 19.8 Å². The van der Waals surface area contributed by atoms with Crippen molar-refractivity contribution in [3.63, 3.8) is 0 Å². The number of nitrogens with one attached hydrogen (secondary N) is 1. The number of carboxylic acid groups (broad SMARTS) is 1. The summed E-state index contributed by atoms with van der Waals surface area (Å²) in [5, 5.41) is 20.0. The Bertz CT molecular complexity index is 377. The van der Waals surface area contributed by atoms with E-state index in [9.17, 15) is 9.59 Å². The Morgan fingerprint density at radius 1 is 1.24 bits per heavy atom. The summed E-state index contributed by atoms with van der Waals surface area (Å²) in [6, 6.07) is 9.23. The Hall–Kier alpha value is -1.88. The van der Waals surface area contributed by atoms with Gasteiger partial charge in [0, 0.05) is 13.0 Å². The van der Waals surface area contributed by atoms with Gasteiger partial charge >= 0.3 is 5.97 Å². The van der Waals surface area contributed by atoms with Crippen molar-refractivity contribution in [2.45, 2.75) is 18.9 Å². The normalized spacial score (nSPS) is 11.8. The molecule has 5 nitrogen and oxygen atoms in total. The maximum Gasteiger partial charge on any atom is 0.332 e. The molecule has 0 aliphatic heterocycles. The lowest BCUT2D eigenvalue weighted by atomic mass is 10.1. The van der Waals surface area contributed by atoms with Crippen LogP contribution in [0.1, 0.15) is 12.0 Å². The quantitative estimate of drug-likeness (QED) is 0.658. The van der Waals surface area contributed by atoms with E-state index in [0.717, 1.165) is 5.56 Å². The van der Waals surface area contributed by atoms with Gasteiger partial charge in [0.15, 0.2) is 6.10 Å². The molecule has 1 aromatic carbocycles. The maximum atomic E-state index is 11.4. The number of aliphatic hydroxyl groups is 1. The van der Waals surface area contributed by atoms with Crippen molar-refractivity contribution in [2.24, 2.45) is 0 Å². The van der Waals surface area contributed by atoms with E-state index in [-0.39, 0.29) is 25.3 Å². The summed E-state index contributed by atoms with van der Waals surface area (Å²) in [4.78, 5) is 21.7. The van der Waals surface area contributed by atoms with Crippen molar-refractivity contribution in [3.05, 3.63) is 35.9 Å². The molecule has 0 bridgehead atoms. The van der Waals surface area contributed by atoms with E-state index in [1.807, 2.05) is 30.3 Å². The van der Waals surface area contributed by atoms with E-state index >= 15 is 0 Å². The number of aliphatic hydroxyl groups excluding tert-OH is 1.